The monoisotopic (exact) mass is 243 g/mol. The fourth-order valence-corrected chi connectivity index (χ4v) is 1.42. The van der Waals surface area contributed by atoms with Gasteiger partial charge >= 0.3 is 0 Å². The van der Waals surface area contributed by atoms with Gasteiger partial charge in [0.25, 0.3) is 0 Å². The molecule has 0 aromatic carbocycles. The summed E-state index contributed by atoms with van der Waals surface area (Å²) >= 11 is 0. The Labute approximate surface area is 104 Å². The van der Waals surface area contributed by atoms with Crippen molar-refractivity contribution < 1.29 is 9.84 Å². The van der Waals surface area contributed by atoms with Crippen molar-refractivity contribution in [3.05, 3.63) is 11.9 Å². The number of aliphatic hydroxyl groups is 1. The molecule has 0 radical (unpaired) electrons. The minimum atomic E-state index is 0.0127. The molecule has 5 nitrogen and oxygen atoms in total. The fraction of sp³-hybridized carbons (Fsp3) is 0.750. The predicted octanol–water partition coefficient (Wildman–Crippen LogP) is 0.500. The second kappa shape index (κ2) is 10.1. The maximum atomic E-state index is 9.23. The van der Waals surface area contributed by atoms with Gasteiger partial charge in [0.15, 0.2) is 0 Å². The Kier molecular flexibility index (Phi) is 9.47. The van der Waals surface area contributed by atoms with Gasteiger partial charge in [-0.2, -0.15) is 0 Å². The van der Waals surface area contributed by atoms with Gasteiger partial charge in [-0.05, 0) is 12.3 Å². The number of rotatable bonds is 9. The third-order valence-electron chi connectivity index (χ3n) is 2.18. The van der Waals surface area contributed by atoms with Crippen LogP contribution >= 0.6 is 0 Å². The molecule has 100 valence electrons. The number of aliphatic imine (C=N–C) groups is 1. The third-order valence-corrected chi connectivity index (χ3v) is 2.18. The molecule has 0 fully saturated rings. The van der Waals surface area contributed by atoms with Crippen molar-refractivity contribution in [1.82, 2.24) is 5.32 Å². The van der Waals surface area contributed by atoms with Crippen LogP contribution in [0.5, 0.6) is 0 Å². The van der Waals surface area contributed by atoms with E-state index in [1.54, 1.807) is 13.3 Å². The molecular weight excluding hydrogens is 218 g/mol. The van der Waals surface area contributed by atoms with Crippen LogP contribution in [0, 0.1) is 5.92 Å². The molecule has 0 saturated carbocycles. The Morgan fingerprint density at radius 3 is 2.71 bits per heavy atom. The van der Waals surface area contributed by atoms with Gasteiger partial charge in [-0.1, -0.05) is 13.8 Å². The van der Waals surface area contributed by atoms with Gasteiger partial charge in [-0.3, -0.25) is 4.99 Å². The molecule has 0 aliphatic carbocycles. The zero-order valence-corrected chi connectivity index (χ0v) is 11.0. The second-order valence-corrected chi connectivity index (χ2v) is 4.30. The summed E-state index contributed by atoms with van der Waals surface area (Å²) in [6.07, 6.45) is 4.01. The molecule has 0 spiro atoms. The lowest BCUT2D eigenvalue weighted by Gasteiger charge is -2.19. The normalized spacial score (nSPS) is 14.5. The van der Waals surface area contributed by atoms with E-state index >= 15 is 0 Å². The van der Waals surface area contributed by atoms with E-state index in [1.807, 2.05) is 0 Å². The van der Waals surface area contributed by atoms with E-state index in [0.717, 1.165) is 12.1 Å². The molecule has 0 aromatic rings. The van der Waals surface area contributed by atoms with Gasteiger partial charge in [-0.15, -0.1) is 0 Å². The molecule has 17 heavy (non-hydrogen) atoms. The van der Waals surface area contributed by atoms with Crippen molar-refractivity contribution in [2.75, 3.05) is 26.9 Å². The first-order chi connectivity index (χ1) is 8.13. The first kappa shape index (κ1) is 15.9. The lowest BCUT2D eigenvalue weighted by atomic mass is 10.0. The summed E-state index contributed by atoms with van der Waals surface area (Å²) in [5.41, 5.74) is 6.22. The minimum absolute atomic E-state index is 0.0127. The minimum Gasteiger partial charge on any atom is -0.403 e. The van der Waals surface area contributed by atoms with Crippen LogP contribution < -0.4 is 11.1 Å². The van der Waals surface area contributed by atoms with Gasteiger partial charge in [0, 0.05) is 25.6 Å². The van der Waals surface area contributed by atoms with Crippen molar-refractivity contribution >= 4 is 6.21 Å². The summed E-state index contributed by atoms with van der Waals surface area (Å²) in [6.45, 7) is 5.50. The smallest absolute Gasteiger partial charge is 0.0682 e. The topological polar surface area (TPSA) is 79.9 Å². The number of hydrogen-bond acceptors (Lipinski definition) is 5. The van der Waals surface area contributed by atoms with Crippen molar-refractivity contribution in [3.8, 4) is 0 Å². The van der Waals surface area contributed by atoms with E-state index in [2.05, 4.69) is 24.2 Å². The van der Waals surface area contributed by atoms with Crippen LogP contribution in [-0.2, 0) is 4.74 Å². The molecular formula is C12H25N3O2. The lowest BCUT2D eigenvalue weighted by Crippen LogP contribution is -2.34. The van der Waals surface area contributed by atoms with Crippen molar-refractivity contribution in [2.24, 2.45) is 16.6 Å². The quantitative estimate of drug-likeness (QED) is 0.407. The van der Waals surface area contributed by atoms with E-state index in [1.165, 1.54) is 6.20 Å². The molecule has 4 N–H and O–H groups in total. The van der Waals surface area contributed by atoms with Gasteiger partial charge in [-0.25, -0.2) is 0 Å². The van der Waals surface area contributed by atoms with Crippen molar-refractivity contribution in [1.29, 1.82) is 0 Å². The van der Waals surface area contributed by atoms with Crippen molar-refractivity contribution in [3.63, 3.8) is 0 Å². The molecule has 0 rings (SSSR count). The standard InChI is InChI=1S/C12H25N3O2/c1-10(2)6-11(9-16)15-12(7-13)8-14-4-5-17-3/h7-8,10-11,15-16H,4-6,9,13H2,1-3H3/b12-7+,14-8?. The van der Waals surface area contributed by atoms with Gasteiger partial charge in [0.2, 0.25) is 0 Å². The SMILES string of the molecule is COCCN=C/C(=C\N)NC(CO)CC(C)C. The number of methoxy groups -OCH3 is 1. The zero-order chi connectivity index (χ0) is 13.1. The Bertz CT molecular complexity index is 240. The average molecular weight is 243 g/mol. The Balaban J connectivity index is 4.14. The summed E-state index contributed by atoms with van der Waals surface area (Å²) in [4.78, 5) is 4.16. The van der Waals surface area contributed by atoms with E-state index in [4.69, 9.17) is 10.5 Å². The highest BCUT2D eigenvalue weighted by molar-refractivity contribution is 5.77. The first-order valence-electron chi connectivity index (χ1n) is 5.92. The van der Waals surface area contributed by atoms with Gasteiger partial charge in [0.05, 0.1) is 25.5 Å². The van der Waals surface area contributed by atoms with E-state index in [9.17, 15) is 5.11 Å². The third kappa shape index (κ3) is 8.71. The maximum absolute atomic E-state index is 9.23. The van der Waals surface area contributed by atoms with Gasteiger partial charge in [0.1, 0.15) is 0 Å². The summed E-state index contributed by atoms with van der Waals surface area (Å²) in [5, 5.41) is 12.4. The van der Waals surface area contributed by atoms with E-state index in [-0.39, 0.29) is 12.6 Å². The zero-order valence-electron chi connectivity index (χ0n) is 11.0. The number of nitrogens with zero attached hydrogens (tertiary/aromatic N) is 1. The highest BCUT2D eigenvalue weighted by Gasteiger charge is 2.09. The van der Waals surface area contributed by atoms with Crippen LogP contribution in [-0.4, -0.2) is 44.2 Å². The second-order valence-electron chi connectivity index (χ2n) is 4.30. The fourth-order valence-electron chi connectivity index (χ4n) is 1.42. The molecule has 1 atom stereocenters. The lowest BCUT2D eigenvalue weighted by molar-refractivity contribution is 0.208. The molecule has 0 amide bonds. The van der Waals surface area contributed by atoms with E-state index in [0.29, 0.717) is 19.1 Å². The molecule has 0 bridgehead atoms. The summed E-state index contributed by atoms with van der Waals surface area (Å²) in [7, 11) is 1.64. The van der Waals surface area contributed by atoms with Crippen LogP contribution in [0.3, 0.4) is 0 Å². The van der Waals surface area contributed by atoms with Crippen LogP contribution in [0.15, 0.2) is 16.9 Å². The number of ether oxygens (including phenoxy) is 1. The van der Waals surface area contributed by atoms with Crippen LogP contribution in [0.1, 0.15) is 20.3 Å². The number of nitrogens with two attached hydrogens (primary N) is 1. The summed E-state index contributed by atoms with van der Waals surface area (Å²) in [5.74, 6) is 0.518. The first-order valence-corrected chi connectivity index (χ1v) is 5.92. The Hall–Kier alpha value is -1.07. The number of nitrogens with one attached hydrogen (secondary N) is 1. The number of allylic oxidation sites excluding steroid dienone is 1. The Morgan fingerprint density at radius 1 is 1.53 bits per heavy atom. The van der Waals surface area contributed by atoms with Crippen LogP contribution in [0.25, 0.3) is 0 Å². The molecule has 0 heterocycles. The molecule has 5 heteroatoms. The molecule has 0 aliphatic rings. The largest absolute Gasteiger partial charge is 0.403 e. The average Bonchev–Trinajstić information content (AvgIpc) is 2.31. The summed E-state index contributed by atoms with van der Waals surface area (Å²) < 4.78 is 4.89. The summed E-state index contributed by atoms with van der Waals surface area (Å²) in [6, 6.07) is 0.0127. The van der Waals surface area contributed by atoms with E-state index < -0.39 is 0 Å². The molecule has 0 aliphatic heterocycles. The number of hydrogen-bond donors (Lipinski definition) is 3. The van der Waals surface area contributed by atoms with Crippen LogP contribution in [0.4, 0.5) is 0 Å². The highest BCUT2D eigenvalue weighted by Crippen LogP contribution is 2.05. The molecule has 1 unspecified atom stereocenters. The van der Waals surface area contributed by atoms with Gasteiger partial charge < -0.3 is 20.9 Å². The highest BCUT2D eigenvalue weighted by atomic mass is 16.5. The molecule has 0 saturated heterocycles. The van der Waals surface area contributed by atoms with Crippen molar-refractivity contribution in [2.45, 2.75) is 26.3 Å². The Morgan fingerprint density at radius 2 is 2.24 bits per heavy atom. The maximum Gasteiger partial charge on any atom is 0.0682 e. The predicted molar refractivity (Wildman–Crippen MR) is 71.0 cm³/mol. The molecule has 0 aromatic heterocycles. The number of aliphatic hydroxyl groups excluding tert-OH is 1. The van der Waals surface area contributed by atoms with Crippen LogP contribution in [0.2, 0.25) is 0 Å².